The summed E-state index contributed by atoms with van der Waals surface area (Å²) in [5.41, 5.74) is 0. The molecule has 0 aliphatic carbocycles. The molecule has 0 rings (SSSR count). The van der Waals surface area contributed by atoms with Crippen molar-refractivity contribution >= 4 is 5.78 Å². The lowest BCUT2D eigenvalue weighted by Gasteiger charge is -2.18. The SMILES string of the molecule is CC(=O)C=CC(O)C(C)C(C)C. The van der Waals surface area contributed by atoms with E-state index < -0.39 is 6.10 Å². The molecule has 2 nitrogen and oxygen atoms in total. The molecule has 0 aliphatic heterocycles. The summed E-state index contributed by atoms with van der Waals surface area (Å²) in [4.78, 5) is 10.5. The molecule has 0 radical (unpaired) electrons. The average molecular weight is 170 g/mol. The maximum Gasteiger partial charge on any atom is 0.152 e. The van der Waals surface area contributed by atoms with E-state index in [1.807, 2.05) is 6.92 Å². The highest BCUT2D eigenvalue weighted by Gasteiger charge is 2.14. The van der Waals surface area contributed by atoms with E-state index in [2.05, 4.69) is 13.8 Å². The predicted molar refractivity (Wildman–Crippen MR) is 49.8 cm³/mol. The van der Waals surface area contributed by atoms with Crippen LogP contribution in [0.3, 0.4) is 0 Å². The molecule has 0 fully saturated rings. The van der Waals surface area contributed by atoms with Crippen LogP contribution in [0, 0.1) is 11.8 Å². The molecule has 12 heavy (non-hydrogen) atoms. The number of carbonyl (C=O) groups is 1. The third-order valence-electron chi connectivity index (χ3n) is 2.12. The fraction of sp³-hybridized carbons (Fsp3) is 0.700. The lowest BCUT2D eigenvalue weighted by atomic mass is 9.92. The van der Waals surface area contributed by atoms with Gasteiger partial charge in [0.1, 0.15) is 0 Å². The van der Waals surface area contributed by atoms with Crippen molar-refractivity contribution in [2.24, 2.45) is 11.8 Å². The lowest BCUT2D eigenvalue weighted by molar-refractivity contribution is -0.112. The second-order valence-electron chi connectivity index (χ2n) is 3.56. The van der Waals surface area contributed by atoms with Gasteiger partial charge >= 0.3 is 0 Å². The summed E-state index contributed by atoms with van der Waals surface area (Å²) < 4.78 is 0. The van der Waals surface area contributed by atoms with Crippen LogP contribution < -0.4 is 0 Å². The van der Waals surface area contributed by atoms with Crippen LogP contribution in [0.25, 0.3) is 0 Å². The Morgan fingerprint density at radius 3 is 2.17 bits per heavy atom. The van der Waals surface area contributed by atoms with Crippen LogP contribution in [-0.2, 0) is 4.79 Å². The normalized spacial score (nSPS) is 16.8. The van der Waals surface area contributed by atoms with Crippen LogP contribution >= 0.6 is 0 Å². The monoisotopic (exact) mass is 170 g/mol. The van der Waals surface area contributed by atoms with Crippen LogP contribution in [0.5, 0.6) is 0 Å². The first kappa shape index (κ1) is 11.4. The second-order valence-corrected chi connectivity index (χ2v) is 3.56. The highest BCUT2D eigenvalue weighted by molar-refractivity contribution is 5.87. The number of rotatable bonds is 4. The smallest absolute Gasteiger partial charge is 0.152 e. The van der Waals surface area contributed by atoms with Crippen molar-refractivity contribution in [1.82, 2.24) is 0 Å². The quantitative estimate of drug-likeness (QED) is 0.653. The van der Waals surface area contributed by atoms with Crippen molar-refractivity contribution < 1.29 is 9.90 Å². The van der Waals surface area contributed by atoms with E-state index in [1.165, 1.54) is 13.0 Å². The van der Waals surface area contributed by atoms with Gasteiger partial charge in [-0.1, -0.05) is 26.8 Å². The zero-order valence-electron chi connectivity index (χ0n) is 8.24. The minimum Gasteiger partial charge on any atom is -0.389 e. The molecular weight excluding hydrogens is 152 g/mol. The van der Waals surface area contributed by atoms with E-state index in [4.69, 9.17) is 0 Å². The van der Waals surface area contributed by atoms with Crippen molar-refractivity contribution in [2.45, 2.75) is 33.8 Å². The topological polar surface area (TPSA) is 37.3 Å². The van der Waals surface area contributed by atoms with E-state index in [9.17, 15) is 9.90 Å². The van der Waals surface area contributed by atoms with E-state index in [0.29, 0.717) is 5.92 Å². The molecule has 0 bridgehead atoms. The number of carbonyl (C=O) groups excluding carboxylic acids is 1. The van der Waals surface area contributed by atoms with Gasteiger partial charge in [-0.05, 0) is 24.8 Å². The van der Waals surface area contributed by atoms with Crippen LogP contribution in [0.1, 0.15) is 27.7 Å². The summed E-state index contributed by atoms with van der Waals surface area (Å²) in [7, 11) is 0. The largest absolute Gasteiger partial charge is 0.389 e. The third-order valence-corrected chi connectivity index (χ3v) is 2.12. The minimum absolute atomic E-state index is 0.0231. The van der Waals surface area contributed by atoms with E-state index in [-0.39, 0.29) is 11.7 Å². The zero-order valence-corrected chi connectivity index (χ0v) is 8.24. The Morgan fingerprint density at radius 2 is 1.83 bits per heavy atom. The Hall–Kier alpha value is -0.630. The highest BCUT2D eigenvalue weighted by Crippen LogP contribution is 2.14. The first-order valence-corrected chi connectivity index (χ1v) is 4.32. The third kappa shape index (κ3) is 4.29. The van der Waals surface area contributed by atoms with Crippen LogP contribution in [0.4, 0.5) is 0 Å². The molecule has 70 valence electrons. The van der Waals surface area contributed by atoms with Crippen molar-refractivity contribution in [2.75, 3.05) is 0 Å². The molecule has 2 atom stereocenters. The summed E-state index contributed by atoms with van der Waals surface area (Å²) >= 11 is 0. The number of hydrogen-bond donors (Lipinski definition) is 1. The van der Waals surface area contributed by atoms with Crippen LogP contribution in [0.2, 0.25) is 0 Å². The van der Waals surface area contributed by atoms with Gasteiger partial charge in [-0.2, -0.15) is 0 Å². The molecular formula is C10H18O2. The first-order chi connectivity index (χ1) is 5.45. The predicted octanol–water partition coefficient (Wildman–Crippen LogP) is 1.78. The molecule has 0 saturated carbocycles. The van der Waals surface area contributed by atoms with Crippen molar-refractivity contribution in [3.8, 4) is 0 Å². The molecule has 0 aromatic rings. The Balaban J connectivity index is 4.03. The maximum absolute atomic E-state index is 10.5. The Labute approximate surface area is 74.3 Å². The maximum atomic E-state index is 10.5. The number of hydrogen-bond acceptors (Lipinski definition) is 2. The molecule has 0 aliphatic rings. The van der Waals surface area contributed by atoms with Gasteiger partial charge in [0.15, 0.2) is 5.78 Å². The van der Waals surface area contributed by atoms with Gasteiger partial charge in [0.05, 0.1) is 6.10 Å². The Bertz CT molecular complexity index is 171. The fourth-order valence-electron chi connectivity index (χ4n) is 0.804. The number of allylic oxidation sites excluding steroid dienone is 1. The van der Waals surface area contributed by atoms with Gasteiger partial charge in [0, 0.05) is 0 Å². The molecule has 1 N–H and O–H groups in total. The van der Waals surface area contributed by atoms with Crippen molar-refractivity contribution in [3.05, 3.63) is 12.2 Å². The molecule has 0 saturated heterocycles. The van der Waals surface area contributed by atoms with Gasteiger partial charge < -0.3 is 5.11 Å². The van der Waals surface area contributed by atoms with Crippen molar-refractivity contribution in [1.29, 1.82) is 0 Å². The summed E-state index contributed by atoms with van der Waals surface area (Å²) in [6.45, 7) is 7.55. The molecule has 0 heterocycles. The van der Waals surface area contributed by atoms with Crippen LogP contribution in [-0.4, -0.2) is 17.0 Å². The van der Waals surface area contributed by atoms with Gasteiger partial charge in [0.25, 0.3) is 0 Å². The molecule has 0 amide bonds. The van der Waals surface area contributed by atoms with E-state index in [0.717, 1.165) is 0 Å². The Kier molecular flexibility index (Phi) is 4.83. The van der Waals surface area contributed by atoms with Gasteiger partial charge in [0.2, 0.25) is 0 Å². The first-order valence-electron chi connectivity index (χ1n) is 4.32. The highest BCUT2D eigenvalue weighted by atomic mass is 16.3. The fourth-order valence-corrected chi connectivity index (χ4v) is 0.804. The number of aliphatic hydroxyl groups is 1. The van der Waals surface area contributed by atoms with Gasteiger partial charge in [-0.25, -0.2) is 0 Å². The molecule has 0 spiro atoms. The van der Waals surface area contributed by atoms with Gasteiger partial charge in [-0.15, -0.1) is 0 Å². The Morgan fingerprint density at radius 1 is 1.33 bits per heavy atom. The lowest BCUT2D eigenvalue weighted by Crippen LogP contribution is -2.20. The summed E-state index contributed by atoms with van der Waals surface area (Å²) in [5, 5.41) is 9.50. The van der Waals surface area contributed by atoms with Crippen LogP contribution in [0.15, 0.2) is 12.2 Å². The summed E-state index contributed by atoms with van der Waals surface area (Å²) in [5.74, 6) is 0.599. The van der Waals surface area contributed by atoms with E-state index >= 15 is 0 Å². The molecule has 2 unspecified atom stereocenters. The molecule has 0 aromatic carbocycles. The minimum atomic E-state index is -0.506. The molecule has 0 aromatic heterocycles. The zero-order chi connectivity index (χ0) is 9.72. The van der Waals surface area contributed by atoms with E-state index in [1.54, 1.807) is 6.08 Å². The van der Waals surface area contributed by atoms with Crippen molar-refractivity contribution in [3.63, 3.8) is 0 Å². The summed E-state index contributed by atoms with van der Waals surface area (Å²) in [6, 6.07) is 0. The number of ketones is 1. The second kappa shape index (κ2) is 5.09. The molecule has 2 heteroatoms. The average Bonchev–Trinajstić information content (AvgIpc) is 1.98. The van der Waals surface area contributed by atoms with Gasteiger partial charge in [-0.3, -0.25) is 4.79 Å². The summed E-state index contributed by atoms with van der Waals surface area (Å²) in [6.07, 6.45) is 2.48. The number of aliphatic hydroxyl groups excluding tert-OH is 1. The standard InChI is InChI=1S/C10H18O2/c1-7(2)9(4)10(12)6-5-8(3)11/h5-7,9-10,12H,1-4H3.